The minimum atomic E-state index is -0.817. The van der Waals surface area contributed by atoms with Crippen LogP contribution in [0, 0.1) is 17.5 Å². The zero-order valence-corrected chi connectivity index (χ0v) is 23.3. The molecule has 1 aliphatic heterocycles. The molecule has 5 heteroatoms. The van der Waals surface area contributed by atoms with E-state index in [1.54, 1.807) is 30.3 Å². The number of hydrogen-bond donors (Lipinski definition) is 0. The van der Waals surface area contributed by atoms with Gasteiger partial charge in [-0.3, -0.25) is 0 Å². The first-order chi connectivity index (χ1) is 19.0. The zero-order chi connectivity index (χ0) is 27.6. The Bertz CT molecular complexity index is 1180. The molecule has 3 aromatic carbocycles. The molecule has 0 atom stereocenters. The summed E-state index contributed by atoms with van der Waals surface area (Å²) in [5.41, 5.74) is 3.36. The van der Waals surface area contributed by atoms with Crippen molar-refractivity contribution in [2.45, 2.75) is 90.3 Å². The number of ether oxygens (including phenoxy) is 2. The van der Waals surface area contributed by atoms with Crippen molar-refractivity contribution < 1.29 is 22.6 Å². The summed E-state index contributed by atoms with van der Waals surface area (Å²) in [5.74, 6) is -2.01. The zero-order valence-electron chi connectivity index (χ0n) is 23.3. The van der Waals surface area contributed by atoms with Crippen LogP contribution in [0.3, 0.4) is 0 Å². The predicted octanol–water partition coefficient (Wildman–Crippen LogP) is 9.99. The van der Waals surface area contributed by atoms with Gasteiger partial charge in [0.05, 0.1) is 13.2 Å². The van der Waals surface area contributed by atoms with Gasteiger partial charge in [-0.1, -0.05) is 101 Å². The van der Waals surface area contributed by atoms with Gasteiger partial charge < -0.3 is 9.47 Å². The van der Waals surface area contributed by atoms with Crippen LogP contribution < -0.4 is 0 Å². The largest absolute Gasteiger partial charge is 0.352 e. The molecule has 1 heterocycles. The van der Waals surface area contributed by atoms with Crippen molar-refractivity contribution in [1.29, 1.82) is 0 Å². The van der Waals surface area contributed by atoms with Gasteiger partial charge in [0.25, 0.3) is 0 Å². The number of benzene rings is 3. The molecular formula is C34H41F3O2. The smallest absolute Gasteiger partial charge is 0.166 e. The molecule has 0 unspecified atom stereocenters. The Morgan fingerprint density at radius 2 is 1.31 bits per heavy atom. The van der Waals surface area contributed by atoms with Crippen LogP contribution >= 0.6 is 0 Å². The molecule has 210 valence electrons. The molecular weight excluding hydrogens is 497 g/mol. The molecule has 0 amide bonds. The van der Waals surface area contributed by atoms with Crippen LogP contribution in [-0.2, 0) is 15.9 Å². The lowest BCUT2D eigenvalue weighted by molar-refractivity contribution is -0.190. The van der Waals surface area contributed by atoms with Crippen LogP contribution in [0.25, 0.3) is 22.3 Å². The number of aryl methyl sites for hydroxylation is 1. The molecule has 4 rings (SSSR count). The van der Waals surface area contributed by atoms with E-state index >= 15 is 4.39 Å². The number of hydrogen-bond acceptors (Lipinski definition) is 2. The number of rotatable bonds is 13. The summed E-state index contributed by atoms with van der Waals surface area (Å²) in [6.45, 7) is 5.18. The van der Waals surface area contributed by atoms with Crippen molar-refractivity contribution >= 4 is 0 Å². The van der Waals surface area contributed by atoms with Gasteiger partial charge in [-0.2, -0.15) is 0 Å². The summed E-state index contributed by atoms with van der Waals surface area (Å²) < 4.78 is 56.4. The maximum atomic E-state index is 15.1. The normalized spacial score (nSPS) is 17.5. The summed E-state index contributed by atoms with van der Waals surface area (Å²) in [6, 6.07) is 15.7. The standard InChI is InChI=1S/C34H41F3O2/c1-3-5-7-8-10-12-32-38-22-28(23-39-32)29-19-18-27(21-31(29)35)24-13-15-25(16-14-24)30-20-17-26(11-9-6-4-2)33(36)34(30)37/h13-21,28,32H,3-12,22-23H2,1-2H3. The van der Waals surface area contributed by atoms with E-state index in [0.29, 0.717) is 36.3 Å². The van der Waals surface area contributed by atoms with Crippen molar-refractivity contribution in [3.05, 3.63) is 83.2 Å². The molecule has 0 radical (unpaired) electrons. The molecule has 1 fully saturated rings. The predicted molar refractivity (Wildman–Crippen MR) is 152 cm³/mol. The molecule has 1 saturated heterocycles. The fourth-order valence-electron chi connectivity index (χ4n) is 5.25. The second-order valence-corrected chi connectivity index (χ2v) is 10.7. The molecule has 3 aromatic rings. The Hall–Kier alpha value is -2.63. The molecule has 39 heavy (non-hydrogen) atoms. The average molecular weight is 539 g/mol. The maximum absolute atomic E-state index is 15.1. The lowest BCUT2D eigenvalue weighted by Crippen LogP contribution is -2.31. The Balaban J connectivity index is 1.37. The van der Waals surface area contributed by atoms with Crippen molar-refractivity contribution in [3.63, 3.8) is 0 Å². The van der Waals surface area contributed by atoms with E-state index in [1.807, 2.05) is 18.2 Å². The first-order valence-electron chi connectivity index (χ1n) is 14.6. The van der Waals surface area contributed by atoms with E-state index in [2.05, 4.69) is 13.8 Å². The van der Waals surface area contributed by atoms with Crippen LogP contribution in [0.4, 0.5) is 13.2 Å². The minimum Gasteiger partial charge on any atom is -0.352 e. The summed E-state index contributed by atoms with van der Waals surface area (Å²) >= 11 is 0. The van der Waals surface area contributed by atoms with E-state index in [4.69, 9.17) is 9.47 Å². The summed E-state index contributed by atoms with van der Waals surface area (Å²) in [6.07, 6.45) is 10.1. The summed E-state index contributed by atoms with van der Waals surface area (Å²) in [4.78, 5) is 0. The van der Waals surface area contributed by atoms with E-state index in [0.717, 1.165) is 43.2 Å². The first-order valence-corrected chi connectivity index (χ1v) is 14.6. The fourth-order valence-corrected chi connectivity index (χ4v) is 5.25. The van der Waals surface area contributed by atoms with Gasteiger partial charge in [0.2, 0.25) is 0 Å². The topological polar surface area (TPSA) is 18.5 Å². The molecule has 0 aromatic heterocycles. The second kappa shape index (κ2) is 14.7. The molecule has 0 aliphatic carbocycles. The molecule has 1 aliphatic rings. The SMILES string of the molecule is CCCCCCCC1OCC(c2ccc(-c3ccc(-c4ccc(CCCCC)c(F)c4F)cc3)cc2F)CO1. The monoisotopic (exact) mass is 538 g/mol. The Morgan fingerprint density at radius 1 is 0.667 bits per heavy atom. The van der Waals surface area contributed by atoms with E-state index in [-0.39, 0.29) is 23.6 Å². The van der Waals surface area contributed by atoms with Gasteiger partial charge in [-0.15, -0.1) is 0 Å². The lowest BCUT2D eigenvalue weighted by Gasteiger charge is -2.30. The maximum Gasteiger partial charge on any atom is 0.166 e. The average Bonchev–Trinajstić information content (AvgIpc) is 2.96. The third-order valence-electron chi connectivity index (χ3n) is 7.69. The molecule has 0 N–H and O–H groups in total. The van der Waals surface area contributed by atoms with Gasteiger partial charge in [0.1, 0.15) is 5.82 Å². The third-order valence-corrected chi connectivity index (χ3v) is 7.69. The number of halogens is 3. The highest BCUT2D eigenvalue weighted by atomic mass is 19.2. The van der Waals surface area contributed by atoms with Gasteiger partial charge in [0, 0.05) is 11.5 Å². The van der Waals surface area contributed by atoms with Crippen molar-refractivity contribution in [2.24, 2.45) is 0 Å². The highest BCUT2D eigenvalue weighted by Gasteiger charge is 2.25. The highest BCUT2D eigenvalue weighted by Crippen LogP contribution is 2.32. The van der Waals surface area contributed by atoms with E-state index in [9.17, 15) is 8.78 Å². The van der Waals surface area contributed by atoms with Crippen LogP contribution in [0.2, 0.25) is 0 Å². The Kier molecular flexibility index (Phi) is 11.0. The molecule has 0 spiro atoms. The van der Waals surface area contributed by atoms with Crippen molar-refractivity contribution in [2.75, 3.05) is 13.2 Å². The van der Waals surface area contributed by atoms with Crippen LogP contribution in [0.1, 0.15) is 88.7 Å². The van der Waals surface area contributed by atoms with Crippen LogP contribution in [0.5, 0.6) is 0 Å². The van der Waals surface area contributed by atoms with Crippen LogP contribution in [0.15, 0.2) is 54.6 Å². The minimum absolute atomic E-state index is 0.138. The van der Waals surface area contributed by atoms with Crippen molar-refractivity contribution in [1.82, 2.24) is 0 Å². The van der Waals surface area contributed by atoms with Gasteiger partial charge in [-0.05, 0) is 59.6 Å². The Morgan fingerprint density at radius 3 is 2.00 bits per heavy atom. The van der Waals surface area contributed by atoms with Gasteiger partial charge in [0.15, 0.2) is 17.9 Å². The number of unbranched alkanes of at least 4 members (excludes halogenated alkanes) is 6. The summed E-state index contributed by atoms with van der Waals surface area (Å²) in [5, 5.41) is 0. The van der Waals surface area contributed by atoms with Gasteiger partial charge in [-0.25, -0.2) is 13.2 Å². The third kappa shape index (κ3) is 7.73. The van der Waals surface area contributed by atoms with E-state index < -0.39 is 11.6 Å². The fraction of sp³-hybridized carbons (Fsp3) is 0.471. The Labute approximate surface area is 231 Å². The van der Waals surface area contributed by atoms with Crippen LogP contribution in [-0.4, -0.2) is 19.5 Å². The van der Waals surface area contributed by atoms with Gasteiger partial charge >= 0.3 is 0 Å². The van der Waals surface area contributed by atoms with E-state index in [1.165, 1.54) is 31.7 Å². The lowest BCUT2D eigenvalue weighted by atomic mass is 9.94. The quantitative estimate of drug-likeness (QED) is 0.202. The first kappa shape index (κ1) is 29.4. The molecule has 2 nitrogen and oxygen atoms in total. The van der Waals surface area contributed by atoms with Crippen molar-refractivity contribution in [3.8, 4) is 22.3 Å². The summed E-state index contributed by atoms with van der Waals surface area (Å²) in [7, 11) is 0. The second-order valence-electron chi connectivity index (χ2n) is 10.7. The molecule has 0 saturated carbocycles. The highest BCUT2D eigenvalue weighted by molar-refractivity contribution is 5.71. The molecule has 0 bridgehead atoms.